The first kappa shape index (κ1) is 11.0. The van der Waals surface area contributed by atoms with Crippen LogP contribution in [0.4, 0.5) is 10.1 Å². The van der Waals surface area contributed by atoms with E-state index in [-0.39, 0.29) is 17.7 Å². The molecule has 0 atom stereocenters. The standard InChI is InChI=1S/C10H11FN2O3/c11-8-2-1-3-9(13(15)16)7(8)4-10(14)5-12-6-10/h1-3,12,14H,4-6H2. The lowest BCUT2D eigenvalue weighted by Crippen LogP contribution is -2.60. The highest BCUT2D eigenvalue weighted by molar-refractivity contribution is 5.42. The van der Waals surface area contributed by atoms with Gasteiger partial charge in [-0.15, -0.1) is 0 Å². The third-order valence-corrected chi connectivity index (χ3v) is 2.70. The summed E-state index contributed by atoms with van der Waals surface area (Å²) < 4.78 is 13.5. The zero-order valence-electron chi connectivity index (χ0n) is 8.44. The van der Waals surface area contributed by atoms with Crippen LogP contribution in [0, 0.1) is 15.9 Å². The molecule has 1 heterocycles. The van der Waals surface area contributed by atoms with Gasteiger partial charge < -0.3 is 10.4 Å². The molecule has 0 aliphatic carbocycles. The highest BCUT2D eigenvalue weighted by atomic mass is 19.1. The van der Waals surface area contributed by atoms with Crippen LogP contribution in [-0.2, 0) is 6.42 Å². The Labute approximate surface area is 91.0 Å². The van der Waals surface area contributed by atoms with E-state index in [2.05, 4.69) is 5.32 Å². The Morgan fingerprint density at radius 2 is 2.25 bits per heavy atom. The van der Waals surface area contributed by atoms with E-state index in [1.807, 2.05) is 0 Å². The molecular formula is C10H11FN2O3. The zero-order valence-corrected chi connectivity index (χ0v) is 8.44. The van der Waals surface area contributed by atoms with Crippen LogP contribution in [0.3, 0.4) is 0 Å². The van der Waals surface area contributed by atoms with E-state index in [1.165, 1.54) is 12.1 Å². The Bertz CT molecular complexity index is 432. The number of nitro groups is 1. The maximum atomic E-state index is 13.5. The van der Waals surface area contributed by atoms with Crippen LogP contribution in [0.25, 0.3) is 0 Å². The molecule has 0 radical (unpaired) electrons. The number of β-amino-alcohol motifs (C(OH)–C–C–N with tert-alkyl or cyclic N) is 1. The van der Waals surface area contributed by atoms with Crippen molar-refractivity contribution in [3.05, 3.63) is 39.7 Å². The van der Waals surface area contributed by atoms with Gasteiger partial charge in [-0.05, 0) is 6.07 Å². The largest absolute Gasteiger partial charge is 0.387 e. The van der Waals surface area contributed by atoms with E-state index >= 15 is 0 Å². The minimum atomic E-state index is -1.06. The zero-order chi connectivity index (χ0) is 11.8. The average Bonchev–Trinajstić information content (AvgIpc) is 2.18. The van der Waals surface area contributed by atoms with Gasteiger partial charge in [0.25, 0.3) is 5.69 Å². The Morgan fingerprint density at radius 1 is 1.56 bits per heavy atom. The minimum Gasteiger partial charge on any atom is -0.387 e. The average molecular weight is 226 g/mol. The van der Waals surface area contributed by atoms with Crippen LogP contribution in [0.15, 0.2) is 18.2 Å². The SMILES string of the molecule is O=[N+]([O-])c1cccc(F)c1CC1(O)CNC1. The van der Waals surface area contributed by atoms with Crippen LogP contribution >= 0.6 is 0 Å². The molecular weight excluding hydrogens is 215 g/mol. The molecule has 0 bridgehead atoms. The molecule has 1 saturated heterocycles. The fraction of sp³-hybridized carbons (Fsp3) is 0.400. The quantitative estimate of drug-likeness (QED) is 0.585. The molecule has 0 unspecified atom stereocenters. The molecule has 1 aromatic carbocycles. The van der Waals surface area contributed by atoms with Gasteiger partial charge in [-0.2, -0.15) is 0 Å². The van der Waals surface area contributed by atoms with Crippen LogP contribution in [-0.4, -0.2) is 28.7 Å². The van der Waals surface area contributed by atoms with Crippen molar-refractivity contribution in [2.45, 2.75) is 12.0 Å². The highest BCUT2D eigenvalue weighted by Crippen LogP contribution is 2.27. The van der Waals surface area contributed by atoms with Crippen molar-refractivity contribution >= 4 is 5.69 Å². The second-order valence-electron chi connectivity index (χ2n) is 4.00. The number of aliphatic hydroxyl groups is 1. The first-order valence-corrected chi connectivity index (χ1v) is 4.87. The molecule has 2 N–H and O–H groups in total. The summed E-state index contributed by atoms with van der Waals surface area (Å²) in [6, 6.07) is 3.70. The van der Waals surface area contributed by atoms with Crippen molar-refractivity contribution in [2.24, 2.45) is 0 Å². The maximum Gasteiger partial charge on any atom is 0.275 e. The molecule has 1 aromatic rings. The summed E-state index contributed by atoms with van der Waals surface area (Å²) in [6.07, 6.45) is -0.0387. The first-order chi connectivity index (χ1) is 7.52. The second-order valence-corrected chi connectivity index (χ2v) is 4.00. The number of hydrogen-bond donors (Lipinski definition) is 2. The maximum absolute atomic E-state index is 13.5. The van der Waals surface area contributed by atoms with E-state index < -0.39 is 16.3 Å². The van der Waals surface area contributed by atoms with Crippen molar-refractivity contribution in [3.63, 3.8) is 0 Å². The highest BCUT2D eigenvalue weighted by Gasteiger charge is 2.37. The Morgan fingerprint density at radius 3 is 2.75 bits per heavy atom. The van der Waals surface area contributed by atoms with Crippen molar-refractivity contribution < 1.29 is 14.4 Å². The molecule has 1 aliphatic heterocycles. The molecule has 0 saturated carbocycles. The Balaban J connectivity index is 2.34. The number of halogens is 1. The number of hydrogen-bond acceptors (Lipinski definition) is 4. The van der Waals surface area contributed by atoms with Crippen LogP contribution in [0.1, 0.15) is 5.56 Å². The van der Waals surface area contributed by atoms with Crippen LogP contribution < -0.4 is 5.32 Å². The number of nitrogens with zero attached hydrogens (tertiary/aromatic N) is 1. The van der Waals surface area contributed by atoms with Gasteiger partial charge >= 0.3 is 0 Å². The lowest BCUT2D eigenvalue weighted by Gasteiger charge is -2.37. The summed E-state index contributed by atoms with van der Waals surface area (Å²) in [5.41, 5.74) is -1.37. The molecule has 0 aromatic heterocycles. The number of benzene rings is 1. The third-order valence-electron chi connectivity index (χ3n) is 2.70. The molecule has 86 valence electrons. The number of rotatable bonds is 3. The topological polar surface area (TPSA) is 75.4 Å². The van der Waals surface area contributed by atoms with Gasteiger partial charge in [-0.25, -0.2) is 4.39 Å². The van der Waals surface area contributed by atoms with Gasteiger partial charge in [0.1, 0.15) is 5.82 Å². The second kappa shape index (κ2) is 3.80. The van der Waals surface area contributed by atoms with Crippen molar-refractivity contribution in [1.82, 2.24) is 5.32 Å². The lowest BCUT2D eigenvalue weighted by atomic mass is 9.88. The van der Waals surface area contributed by atoms with Crippen molar-refractivity contribution in [2.75, 3.05) is 13.1 Å². The predicted molar refractivity (Wildman–Crippen MR) is 54.6 cm³/mol. The molecule has 5 nitrogen and oxygen atoms in total. The summed E-state index contributed by atoms with van der Waals surface area (Å²) in [6.45, 7) is 0.664. The van der Waals surface area contributed by atoms with Gasteiger partial charge in [0.05, 0.1) is 16.1 Å². The Hall–Kier alpha value is -1.53. The molecule has 16 heavy (non-hydrogen) atoms. The van der Waals surface area contributed by atoms with Gasteiger partial charge in [-0.3, -0.25) is 10.1 Å². The molecule has 1 fully saturated rings. The van der Waals surface area contributed by atoms with E-state index in [0.29, 0.717) is 13.1 Å². The molecule has 6 heteroatoms. The van der Waals surface area contributed by atoms with E-state index in [0.717, 1.165) is 6.07 Å². The summed E-state index contributed by atoms with van der Waals surface area (Å²) in [4.78, 5) is 10.1. The third kappa shape index (κ3) is 1.89. The minimum absolute atomic E-state index is 0.0310. The molecule has 2 rings (SSSR count). The molecule has 0 amide bonds. The van der Waals surface area contributed by atoms with E-state index in [4.69, 9.17) is 0 Å². The normalized spacial score (nSPS) is 17.9. The van der Waals surface area contributed by atoms with Crippen molar-refractivity contribution in [3.8, 4) is 0 Å². The van der Waals surface area contributed by atoms with Crippen LogP contribution in [0.5, 0.6) is 0 Å². The predicted octanol–water partition coefficient (Wildman–Crippen LogP) is 0.611. The Kier molecular flexibility index (Phi) is 2.61. The van der Waals surface area contributed by atoms with Crippen molar-refractivity contribution in [1.29, 1.82) is 0 Å². The van der Waals surface area contributed by atoms with Gasteiger partial charge in [-0.1, -0.05) is 6.07 Å². The number of nitrogens with one attached hydrogen (secondary N) is 1. The fourth-order valence-electron chi connectivity index (χ4n) is 1.76. The monoisotopic (exact) mass is 226 g/mol. The fourth-order valence-corrected chi connectivity index (χ4v) is 1.76. The summed E-state index contributed by atoms with van der Waals surface area (Å²) in [5.74, 6) is -0.644. The molecule has 1 aliphatic rings. The van der Waals surface area contributed by atoms with Gasteiger partial charge in [0.2, 0.25) is 0 Å². The lowest BCUT2D eigenvalue weighted by molar-refractivity contribution is -0.386. The summed E-state index contributed by atoms with van der Waals surface area (Å²) in [7, 11) is 0. The summed E-state index contributed by atoms with van der Waals surface area (Å²) in [5, 5.41) is 23.4. The van der Waals surface area contributed by atoms with E-state index in [9.17, 15) is 19.6 Å². The van der Waals surface area contributed by atoms with Crippen LogP contribution in [0.2, 0.25) is 0 Å². The summed E-state index contributed by atoms with van der Waals surface area (Å²) >= 11 is 0. The van der Waals surface area contributed by atoms with Gasteiger partial charge in [0, 0.05) is 25.6 Å². The molecule has 0 spiro atoms. The first-order valence-electron chi connectivity index (χ1n) is 4.87. The number of nitro benzene ring substituents is 1. The smallest absolute Gasteiger partial charge is 0.275 e. The van der Waals surface area contributed by atoms with E-state index in [1.54, 1.807) is 0 Å². The van der Waals surface area contributed by atoms with Gasteiger partial charge in [0.15, 0.2) is 0 Å².